The number of aliphatic hydroxyl groups is 1. The van der Waals surface area contributed by atoms with Gasteiger partial charge in [-0.3, -0.25) is 10.1 Å². The van der Waals surface area contributed by atoms with Gasteiger partial charge in [0.15, 0.2) is 0 Å². The van der Waals surface area contributed by atoms with E-state index >= 15 is 0 Å². The highest BCUT2D eigenvalue weighted by molar-refractivity contribution is 5.60. The first kappa shape index (κ1) is 17.7. The second-order valence-electron chi connectivity index (χ2n) is 5.06. The molecule has 0 heterocycles. The summed E-state index contributed by atoms with van der Waals surface area (Å²) in [5, 5.41) is 23.6. The zero-order valence-electron chi connectivity index (χ0n) is 12.7. The predicted octanol–water partition coefficient (Wildman–Crippen LogP) is 3.21. The summed E-state index contributed by atoms with van der Waals surface area (Å²) in [5.41, 5.74) is 0.475. The maximum absolute atomic E-state index is 13.5. The minimum Gasteiger partial charge on any atom is -0.387 e. The fourth-order valence-corrected chi connectivity index (χ4v) is 2.17. The van der Waals surface area contributed by atoms with E-state index < -0.39 is 22.7 Å². The molecule has 0 aliphatic rings. The van der Waals surface area contributed by atoms with E-state index in [0.29, 0.717) is 18.2 Å². The number of hydrogen-bond donors (Lipinski definition) is 2. The Morgan fingerprint density at radius 1 is 1.25 bits per heavy atom. The number of nitro groups is 1. The molecular formula is C17H16F2N2O3. The molecule has 0 aromatic heterocycles. The highest BCUT2D eigenvalue weighted by Gasteiger charge is 2.13. The number of nitrogens with one attached hydrogen (secondary N) is 1. The Morgan fingerprint density at radius 3 is 2.71 bits per heavy atom. The van der Waals surface area contributed by atoms with E-state index in [4.69, 9.17) is 0 Å². The lowest BCUT2D eigenvalue weighted by Crippen LogP contribution is -2.22. The highest BCUT2D eigenvalue weighted by Crippen LogP contribution is 2.19. The molecule has 0 aliphatic carbocycles. The van der Waals surface area contributed by atoms with Crippen LogP contribution in [0.25, 0.3) is 6.08 Å². The van der Waals surface area contributed by atoms with Crippen LogP contribution in [0.5, 0.6) is 0 Å². The van der Waals surface area contributed by atoms with E-state index in [1.165, 1.54) is 12.1 Å². The van der Waals surface area contributed by atoms with E-state index in [2.05, 4.69) is 5.32 Å². The lowest BCUT2D eigenvalue weighted by Gasteiger charge is -2.12. The molecule has 0 spiro atoms. The predicted molar refractivity (Wildman–Crippen MR) is 86.3 cm³/mol. The van der Waals surface area contributed by atoms with Crippen molar-refractivity contribution in [2.75, 3.05) is 13.1 Å². The molecule has 2 aromatic carbocycles. The molecule has 1 atom stereocenters. The number of halogens is 2. The summed E-state index contributed by atoms with van der Waals surface area (Å²) in [6.45, 7) is 0.385. The average Bonchev–Trinajstić information content (AvgIpc) is 2.54. The van der Waals surface area contributed by atoms with E-state index in [-0.39, 0.29) is 17.8 Å². The van der Waals surface area contributed by atoms with E-state index in [1.807, 2.05) is 0 Å². The highest BCUT2D eigenvalue weighted by atomic mass is 19.1. The van der Waals surface area contributed by atoms with Gasteiger partial charge in [-0.25, -0.2) is 8.78 Å². The van der Waals surface area contributed by atoms with Gasteiger partial charge < -0.3 is 10.4 Å². The summed E-state index contributed by atoms with van der Waals surface area (Å²) in [7, 11) is 0. The minimum absolute atomic E-state index is 0.00201. The van der Waals surface area contributed by atoms with Crippen molar-refractivity contribution < 1.29 is 18.8 Å². The van der Waals surface area contributed by atoms with Crippen LogP contribution in [0.3, 0.4) is 0 Å². The topological polar surface area (TPSA) is 75.4 Å². The van der Waals surface area contributed by atoms with Gasteiger partial charge in [-0.1, -0.05) is 30.4 Å². The lowest BCUT2D eigenvalue weighted by molar-refractivity contribution is -0.385. The van der Waals surface area contributed by atoms with Gasteiger partial charge in [0.25, 0.3) is 5.69 Å². The number of aliphatic hydroxyl groups excluding tert-OH is 1. The summed E-state index contributed by atoms with van der Waals surface area (Å²) in [6, 6.07) is 9.30. The Balaban J connectivity index is 1.88. The van der Waals surface area contributed by atoms with E-state index in [0.717, 1.165) is 6.07 Å². The summed E-state index contributed by atoms with van der Waals surface area (Å²) in [4.78, 5) is 10.4. The lowest BCUT2D eigenvalue weighted by atomic mass is 10.1. The van der Waals surface area contributed by atoms with Crippen LogP contribution in [0.4, 0.5) is 14.5 Å². The van der Waals surface area contributed by atoms with Gasteiger partial charge in [0, 0.05) is 30.8 Å². The van der Waals surface area contributed by atoms with Crippen LogP contribution in [-0.4, -0.2) is 23.1 Å². The first-order chi connectivity index (χ1) is 11.5. The quantitative estimate of drug-likeness (QED) is 0.463. The summed E-state index contributed by atoms with van der Waals surface area (Å²) in [6.07, 6.45) is 2.14. The number of nitrogens with zero attached hydrogens (tertiary/aromatic N) is 1. The fraction of sp³-hybridized carbons (Fsp3) is 0.176. The molecule has 7 heteroatoms. The Kier molecular flexibility index (Phi) is 6.11. The third-order valence-electron chi connectivity index (χ3n) is 3.35. The second kappa shape index (κ2) is 8.28. The van der Waals surface area contributed by atoms with Gasteiger partial charge in [0.1, 0.15) is 11.6 Å². The third kappa shape index (κ3) is 4.68. The van der Waals surface area contributed by atoms with Crippen LogP contribution in [0, 0.1) is 21.7 Å². The maximum Gasteiger partial charge on any atom is 0.276 e. The van der Waals surface area contributed by atoms with Crippen LogP contribution in [0.2, 0.25) is 0 Å². The SMILES string of the molecule is O=[N+]([O-])c1ccccc1/C=C/CNCC(O)c1ccc(F)cc1F. The van der Waals surface area contributed by atoms with Crippen molar-refractivity contribution in [3.63, 3.8) is 0 Å². The number of nitro benzene ring substituents is 1. The molecule has 24 heavy (non-hydrogen) atoms. The van der Waals surface area contributed by atoms with Gasteiger partial charge in [-0.15, -0.1) is 0 Å². The van der Waals surface area contributed by atoms with Gasteiger partial charge in [-0.05, 0) is 12.1 Å². The van der Waals surface area contributed by atoms with Crippen LogP contribution in [0.1, 0.15) is 17.2 Å². The summed E-state index contributed by atoms with van der Waals surface area (Å²) < 4.78 is 26.3. The molecule has 0 amide bonds. The molecule has 126 valence electrons. The summed E-state index contributed by atoms with van der Waals surface area (Å²) in [5.74, 6) is -1.51. The molecule has 0 saturated carbocycles. The zero-order chi connectivity index (χ0) is 17.5. The molecule has 5 nitrogen and oxygen atoms in total. The van der Waals surface area contributed by atoms with Gasteiger partial charge in [0.05, 0.1) is 16.6 Å². The number of para-hydroxylation sites is 1. The van der Waals surface area contributed by atoms with Crippen LogP contribution >= 0.6 is 0 Å². The Hall–Kier alpha value is -2.64. The monoisotopic (exact) mass is 334 g/mol. The molecule has 0 fully saturated rings. The van der Waals surface area contributed by atoms with Crippen molar-refractivity contribution in [2.24, 2.45) is 0 Å². The molecule has 2 N–H and O–H groups in total. The largest absolute Gasteiger partial charge is 0.387 e. The smallest absolute Gasteiger partial charge is 0.276 e. The van der Waals surface area contributed by atoms with Crippen LogP contribution in [-0.2, 0) is 0 Å². The molecule has 0 saturated heterocycles. The van der Waals surface area contributed by atoms with E-state index in [1.54, 1.807) is 30.4 Å². The molecule has 2 rings (SSSR count). The minimum atomic E-state index is -1.12. The van der Waals surface area contributed by atoms with Crippen molar-refractivity contribution in [1.29, 1.82) is 0 Å². The standard InChI is InChI=1S/C17H16F2N2O3/c18-13-7-8-14(15(19)10-13)17(22)11-20-9-3-5-12-4-1-2-6-16(12)21(23)24/h1-8,10,17,20,22H,9,11H2/b5-3+. The number of rotatable bonds is 7. The number of hydrogen-bond acceptors (Lipinski definition) is 4. The first-order valence-corrected chi connectivity index (χ1v) is 7.22. The Morgan fingerprint density at radius 2 is 2.00 bits per heavy atom. The first-order valence-electron chi connectivity index (χ1n) is 7.22. The molecular weight excluding hydrogens is 318 g/mol. The molecule has 0 aliphatic heterocycles. The molecule has 0 radical (unpaired) electrons. The van der Waals surface area contributed by atoms with Crippen LogP contribution in [0.15, 0.2) is 48.5 Å². The summed E-state index contributed by atoms with van der Waals surface area (Å²) >= 11 is 0. The second-order valence-corrected chi connectivity index (χ2v) is 5.06. The molecule has 2 aromatic rings. The third-order valence-corrected chi connectivity index (χ3v) is 3.35. The van der Waals surface area contributed by atoms with Crippen molar-refractivity contribution >= 4 is 11.8 Å². The zero-order valence-corrected chi connectivity index (χ0v) is 12.7. The van der Waals surface area contributed by atoms with E-state index in [9.17, 15) is 24.0 Å². The molecule has 1 unspecified atom stereocenters. The average molecular weight is 334 g/mol. The molecule has 0 bridgehead atoms. The Bertz CT molecular complexity index is 750. The van der Waals surface area contributed by atoms with Crippen molar-refractivity contribution in [2.45, 2.75) is 6.10 Å². The Labute approximate surface area is 137 Å². The number of benzene rings is 2. The van der Waals surface area contributed by atoms with Crippen molar-refractivity contribution in [3.8, 4) is 0 Å². The van der Waals surface area contributed by atoms with Crippen molar-refractivity contribution in [1.82, 2.24) is 5.32 Å². The maximum atomic E-state index is 13.5. The normalized spacial score (nSPS) is 12.5. The van der Waals surface area contributed by atoms with Crippen molar-refractivity contribution in [3.05, 3.63) is 81.4 Å². The van der Waals surface area contributed by atoms with Gasteiger partial charge in [0.2, 0.25) is 0 Å². The fourth-order valence-electron chi connectivity index (χ4n) is 2.17. The van der Waals surface area contributed by atoms with Gasteiger partial charge in [-0.2, -0.15) is 0 Å². The van der Waals surface area contributed by atoms with Crippen LogP contribution < -0.4 is 5.32 Å². The van der Waals surface area contributed by atoms with Gasteiger partial charge >= 0.3 is 0 Å².